The first-order chi connectivity index (χ1) is 11.9. The van der Waals surface area contributed by atoms with Crippen molar-refractivity contribution in [1.29, 1.82) is 0 Å². The highest BCUT2D eigenvalue weighted by atomic mass is 35.5. The first-order valence-corrected chi connectivity index (χ1v) is 9.89. The molecule has 0 aromatic heterocycles. The molecule has 0 radical (unpaired) electrons. The number of rotatable bonds is 10. The maximum Gasteiger partial charge on any atom is 0.243 e. The van der Waals surface area contributed by atoms with Crippen molar-refractivity contribution in [1.82, 2.24) is 15.5 Å². The number of hydrogen-bond acceptors (Lipinski definition) is 4. The van der Waals surface area contributed by atoms with Gasteiger partial charge in [-0.15, -0.1) is 11.8 Å². The highest BCUT2D eigenvalue weighted by Crippen LogP contribution is 2.25. The standard InChI is InChI=1S/C18H28ClN3O2S/c1-5-22(6-2)10-9-20-18(24)17(21-14(4)23)12-25-15-8-7-13(3)16(19)11-15/h7-8,11,17H,5-6,9-10,12H2,1-4H3,(H,20,24)(H,21,23). The second-order valence-corrected chi connectivity index (χ2v) is 7.29. The van der Waals surface area contributed by atoms with Gasteiger partial charge in [0.2, 0.25) is 11.8 Å². The molecule has 0 saturated heterocycles. The van der Waals surface area contributed by atoms with Crippen molar-refractivity contribution in [2.75, 3.05) is 31.9 Å². The molecule has 1 aromatic carbocycles. The maximum atomic E-state index is 12.4. The predicted octanol–water partition coefficient (Wildman–Crippen LogP) is 2.70. The van der Waals surface area contributed by atoms with Crippen LogP contribution in [0.5, 0.6) is 0 Å². The van der Waals surface area contributed by atoms with E-state index in [-0.39, 0.29) is 11.8 Å². The minimum Gasteiger partial charge on any atom is -0.353 e. The molecule has 1 atom stereocenters. The second-order valence-electron chi connectivity index (χ2n) is 5.79. The van der Waals surface area contributed by atoms with E-state index in [9.17, 15) is 9.59 Å². The molecule has 1 rings (SSSR count). The molecular weight excluding hydrogens is 358 g/mol. The van der Waals surface area contributed by atoms with Gasteiger partial charge in [-0.3, -0.25) is 9.59 Å². The van der Waals surface area contributed by atoms with Gasteiger partial charge >= 0.3 is 0 Å². The molecule has 0 spiro atoms. The van der Waals surface area contributed by atoms with Crippen LogP contribution in [-0.4, -0.2) is 54.7 Å². The smallest absolute Gasteiger partial charge is 0.243 e. The summed E-state index contributed by atoms with van der Waals surface area (Å²) in [6.45, 7) is 10.8. The van der Waals surface area contributed by atoms with Crippen LogP contribution >= 0.6 is 23.4 Å². The van der Waals surface area contributed by atoms with Crippen LogP contribution < -0.4 is 10.6 Å². The molecule has 1 unspecified atom stereocenters. The summed E-state index contributed by atoms with van der Waals surface area (Å²) in [5.41, 5.74) is 1.01. The Morgan fingerprint density at radius 2 is 1.96 bits per heavy atom. The lowest BCUT2D eigenvalue weighted by molar-refractivity contribution is -0.127. The Morgan fingerprint density at radius 3 is 2.52 bits per heavy atom. The van der Waals surface area contributed by atoms with Crippen molar-refractivity contribution in [2.24, 2.45) is 0 Å². The van der Waals surface area contributed by atoms with Gasteiger partial charge in [-0.25, -0.2) is 0 Å². The number of halogens is 1. The quantitative estimate of drug-likeness (QED) is 0.608. The van der Waals surface area contributed by atoms with E-state index in [0.717, 1.165) is 30.1 Å². The van der Waals surface area contributed by atoms with E-state index in [0.29, 0.717) is 17.3 Å². The molecular formula is C18H28ClN3O2S. The number of benzene rings is 1. The molecule has 25 heavy (non-hydrogen) atoms. The van der Waals surface area contributed by atoms with E-state index < -0.39 is 6.04 Å². The van der Waals surface area contributed by atoms with E-state index in [4.69, 9.17) is 11.6 Å². The van der Waals surface area contributed by atoms with E-state index in [1.165, 1.54) is 18.7 Å². The van der Waals surface area contributed by atoms with Crippen LogP contribution in [0, 0.1) is 6.92 Å². The molecule has 0 bridgehead atoms. The summed E-state index contributed by atoms with van der Waals surface area (Å²) >= 11 is 7.63. The Morgan fingerprint density at radius 1 is 1.28 bits per heavy atom. The van der Waals surface area contributed by atoms with Crippen molar-refractivity contribution < 1.29 is 9.59 Å². The second kappa shape index (κ2) is 11.4. The minimum absolute atomic E-state index is 0.159. The number of carbonyl (C=O) groups excluding carboxylic acids is 2. The van der Waals surface area contributed by atoms with E-state index in [1.807, 2.05) is 25.1 Å². The zero-order valence-corrected chi connectivity index (χ0v) is 17.0. The third-order valence-corrected chi connectivity index (χ3v) is 5.37. The van der Waals surface area contributed by atoms with Crippen LogP contribution in [0.2, 0.25) is 5.02 Å². The van der Waals surface area contributed by atoms with E-state index in [1.54, 1.807) is 0 Å². The van der Waals surface area contributed by atoms with E-state index >= 15 is 0 Å². The van der Waals surface area contributed by atoms with Gasteiger partial charge in [-0.1, -0.05) is 31.5 Å². The first-order valence-electron chi connectivity index (χ1n) is 8.53. The predicted molar refractivity (Wildman–Crippen MR) is 105 cm³/mol. The number of thioether (sulfide) groups is 1. The monoisotopic (exact) mass is 385 g/mol. The molecule has 0 saturated carbocycles. The van der Waals surface area contributed by atoms with Crippen molar-refractivity contribution in [2.45, 2.75) is 38.6 Å². The van der Waals surface area contributed by atoms with Gasteiger partial charge in [-0.05, 0) is 37.7 Å². The highest BCUT2D eigenvalue weighted by Gasteiger charge is 2.19. The Kier molecular flexibility index (Phi) is 9.93. The SMILES string of the molecule is CCN(CC)CCNC(=O)C(CSc1ccc(C)c(Cl)c1)NC(C)=O. The Bertz CT molecular complexity index is 579. The van der Waals surface area contributed by atoms with Gasteiger partial charge in [0.05, 0.1) is 0 Å². The molecule has 0 aliphatic heterocycles. The van der Waals surface area contributed by atoms with Crippen molar-refractivity contribution in [3.63, 3.8) is 0 Å². The van der Waals surface area contributed by atoms with Crippen molar-refractivity contribution in [3.8, 4) is 0 Å². The summed E-state index contributed by atoms with van der Waals surface area (Å²) in [5, 5.41) is 6.33. The minimum atomic E-state index is -0.570. The Hall–Kier alpha value is -1.24. The summed E-state index contributed by atoms with van der Waals surface area (Å²) in [6, 6.07) is 5.22. The summed E-state index contributed by atoms with van der Waals surface area (Å²) in [4.78, 5) is 27.0. The maximum absolute atomic E-state index is 12.4. The number of nitrogens with one attached hydrogen (secondary N) is 2. The number of aryl methyl sites for hydroxylation is 1. The van der Waals surface area contributed by atoms with Gasteiger partial charge in [0.1, 0.15) is 6.04 Å². The summed E-state index contributed by atoms with van der Waals surface area (Å²) in [7, 11) is 0. The zero-order valence-electron chi connectivity index (χ0n) is 15.4. The van der Waals surface area contributed by atoms with Crippen molar-refractivity contribution >= 4 is 35.2 Å². The lowest BCUT2D eigenvalue weighted by Gasteiger charge is -2.20. The van der Waals surface area contributed by atoms with Crippen LogP contribution in [-0.2, 0) is 9.59 Å². The van der Waals surface area contributed by atoms with Gasteiger partial charge in [-0.2, -0.15) is 0 Å². The van der Waals surface area contributed by atoms with Gasteiger partial charge in [0.15, 0.2) is 0 Å². The van der Waals surface area contributed by atoms with Gasteiger partial charge < -0.3 is 15.5 Å². The molecule has 5 nitrogen and oxygen atoms in total. The third kappa shape index (κ3) is 8.12. The van der Waals surface area contributed by atoms with Crippen LogP contribution in [0.1, 0.15) is 26.3 Å². The first kappa shape index (κ1) is 21.8. The average molecular weight is 386 g/mol. The Labute approximate surface area is 159 Å². The topological polar surface area (TPSA) is 61.4 Å². The van der Waals surface area contributed by atoms with Crippen LogP contribution in [0.15, 0.2) is 23.1 Å². The number of hydrogen-bond donors (Lipinski definition) is 2. The molecule has 2 amide bonds. The van der Waals surface area contributed by atoms with E-state index in [2.05, 4.69) is 29.4 Å². The fourth-order valence-corrected chi connectivity index (χ4v) is 3.48. The number of nitrogens with zero attached hydrogens (tertiary/aromatic N) is 1. The zero-order chi connectivity index (χ0) is 18.8. The third-order valence-electron chi connectivity index (χ3n) is 3.88. The Balaban J connectivity index is 2.58. The summed E-state index contributed by atoms with van der Waals surface area (Å²) in [5.74, 6) is 0.0790. The summed E-state index contributed by atoms with van der Waals surface area (Å²) < 4.78 is 0. The van der Waals surface area contributed by atoms with Crippen LogP contribution in [0.4, 0.5) is 0 Å². The molecule has 0 aliphatic rings. The van der Waals surface area contributed by atoms with Crippen LogP contribution in [0.3, 0.4) is 0 Å². The largest absolute Gasteiger partial charge is 0.353 e. The number of likely N-dealkylation sites (N-methyl/N-ethyl adjacent to an activating group) is 1. The molecule has 0 aliphatic carbocycles. The lowest BCUT2D eigenvalue weighted by atomic mass is 10.2. The summed E-state index contributed by atoms with van der Waals surface area (Å²) in [6.07, 6.45) is 0. The molecule has 0 heterocycles. The van der Waals surface area contributed by atoms with Crippen molar-refractivity contribution in [3.05, 3.63) is 28.8 Å². The molecule has 2 N–H and O–H groups in total. The number of amides is 2. The number of carbonyl (C=O) groups is 2. The van der Waals surface area contributed by atoms with Gasteiger partial charge in [0, 0.05) is 35.7 Å². The molecule has 1 aromatic rings. The fraction of sp³-hybridized carbons (Fsp3) is 0.556. The molecule has 0 fully saturated rings. The fourth-order valence-electron chi connectivity index (χ4n) is 2.27. The molecule has 140 valence electrons. The van der Waals surface area contributed by atoms with Gasteiger partial charge in [0.25, 0.3) is 0 Å². The van der Waals surface area contributed by atoms with Crippen LogP contribution in [0.25, 0.3) is 0 Å². The highest BCUT2D eigenvalue weighted by molar-refractivity contribution is 7.99. The normalized spacial score (nSPS) is 12.1. The average Bonchev–Trinajstić information content (AvgIpc) is 2.58. The lowest BCUT2D eigenvalue weighted by Crippen LogP contribution is -2.49. The molecule has 7 heteroatoms.